The van der Waals surface area contributed by atoms with Crippen LogP contribution in [0, 0.1) is 0 Å². The summed E-state index contributed by atoms with van der Waals surface area (Å²) >= 11 is 0. The van der Waals surface area contributed by atoms with Gasteiger partial charge in [0, 0.05) is 49.7 Å². The lowest BCUT2D eigenvalue weighted by Gasteiger charge is -2.26. The van der Waals surface area contributed by atoms with E-state index >= 15 is 0 Å². The predicted octanol–water partition coefficient (Wildman–Crippen LogP) is 20.2. The topological polar surface area (TPSA) is 21.3 Å². The molecule has 12 aromatic carbocycles. The number of hydrogen-bond acceptors (Lipinski definition) is 2. The molecular weight excluding hydrogens is 909 g/mol. The Kier molecular flexibility index (Phi) is 10.8. The minimum atomic E-state index is 0.894. The van der Waals surface area contributed by atoms with Crippen LogP contribution < -0.4 is 4.90 Å². The molecule has 14 rings (SSSR count). The first-order valence-electron chi connectivity index (χ1n) is 25.7. The predicted molar refractivity (Wildman–Crippen MR) is 315 cm³/mol. The van der Waals surface area contributed by atoms with E-state index in [-0.39, 0.29) is 0 Å². The Labute approximate surface area is 436 Å². The first kappa shape index (κ1) is 43.8. The van der Waals surface area contributed by atoms with Gasteiger partial charge >= 0.3 is 0 Å². The molecule has 3 heteroatoms. The van der Waals surface area contributed by atoms with Gasteiger partial charge in [0.25, 0.3) is 0 Å². The monoisotopic (exact) mass is 956 g/mol. The van der Waals surface area contributed by atoms with Gasteiger partial charge in [0.15, 0.2) is 0 Å². The van der Waals surface area contributed by atoms with Crippen LogP contribution in [0.4, 0.5) is 17.1 Å². The zero-order chi connectivity index (χ0) is 49.7. The van der Waals surface area contributed by atoms with Gasteiger partial charge in [-0.05, 0) is 116 Å². The van der Waals surface area contributed by atoms with Crippen LogP contribution >= 0.6 is 0 Å². The van der Waals surface area contributed by atoms with Crippen LogP contribution in [0.1, 0.15) is 0 Å². The molecule has 0 N–H and O–H groups in total. The summed E-state index contributed by atoms with van der Waals surface area (Å²) in [5, 5.41) is 4.65. The van der Waals surface area contributed by atoms with Crippen molar-refractivity contribution in [3.8, 4) is 72.4 Å². The van der Waals surface area contributed by atoms with Crippen molar-refractivity contribution < 1.29 is 4.42 Å². The van der Waals surface area contributed by atoms with Crippen molar-refractivity contribution >= 4 is 60.8 Å². The first-order chi connectivity index (χ1) is 37.2. The average molecular weight is 957 g/mol. The van der Waals surface area contributed by atoms with Crippen molar-refractivity contribution in [3.63, 3.8) is 0 Å². The quantitative estimate of drug-likeness (QED) is 0.136. The Hall–Kier alpha value is -9.96. The number of benzene rings is 12. The van der Waals surface area contributed by atoms with Gasteiger partial charge in [0.1, 0.15) is 11.2 Å². The summed E-state index contributed by atoms with van der Waals surface area (Å²) in [5.41, 5.74) is 22.5. The second kappa shape index (κ2) is 18.6. The summed E-state index contributed by atoms with van der Waals surface area (Å²) < 4.78 is 9.17. The van der Waals surface area contributed by atoms with E-state index in [4.69, 9.17) is 4.42 Å². The van der Waals surface area contributed by atoms with Crippen LogP contribution in [0.15, 0.2) is 296 Å². The van der Waals surface area contributed by atoms with Crippen LogP contribution in [0.25, 0.3) is 116 Å². The SMILES string of the molecule is c1ccc(-c2ccc(N(c3ccc(-c4ccccc4)cc3)c3ccc(-c4ccc(-c5ccccc5-n5c6cccc(-c7ccccc7)c6c6c(-c7cccc8c7oc7ccccc78)cccc65)cc4)cc3)cc2)cc1. The Balaban J connectivity index is 0.846. The zero-order valence-corrected chi connectivity index (χ0v) is 41.0. The molecule has 0 saturated carbocycles. The maximum Gasteiger partial charge on any atom is 0.143 e. The lowest BCUT2D eigenvalue weighted by atomic mass is 9.94. The zero-order valence-electron chi connectivity index (χ0n) is 41.0. The molecule has 0 radical (unpaired) electrons. The fourth-order valence-corrected chi connectivity index (χ4v) is 11.3. The molecule has 352 valence electrons. The molecule has 0 aliphatic heterocycles. The Morgan fingerprint density at radius 3 is 1.20 bits per heavy atom. The molecule has 75 heavy (non-hydrogen) atoms. The van der Waals surface area contributed by atoms with Gasteiger partial charge in [0.2, 0.25) is 0 Å². The molecular formula is C72H48N2O. The van der Waals surface area contributed by atoms with Crippen LogP contribution in [0.2, 0.25) is 0 Å². The molecule has 2 aromatic heterocycles. The van der Waals surface area contributed by atoms with Crippen molar-refractivity contribution in [1.29, 1.82) is 0 Å². The van der Waals surface area contributed by atoms with E-state index in [0.717, 1.165) is 89.1 Å². The molecule has 0 aliphatic rings. The number of para-hydroxylation sites is 3. The van der Waals surface area contributed by atoms with Gasteiger partial charge in [-0.3, -0.25) is 0 Å². The summed E-state index contributed by atoms with van der Waals surface area (Å²) in [5.74, 6) is 0. The van der Waals surface area contributed by atoms with E-state index in [9.17, 15) is 0 Å². The average Bonchev–Trinajstić information content (AvgIpc) is 4.08. The van der Waals surface area contributed by atoms with Gasteiger partial charge in [-0.1, -0.05) is 231 Å². The first-order valence-corrected chi connectivity index (χ1v) is 25.7. The Morgan fingerprint density at radius 1 is 0.253 bits per heavy atom. The number of fused-ring (bicyclic) bond motifs is 6. The fraction of sp³-hybridized carbons (Fsp3) is 0. The third kappa shape index (κ3) is 7.78. The van der Waals surface area contributed by atoms with E-state index in [2.05, 4.69) is 295 Å². The molecule has 2 heterocycles. The van der Waals surface area contributed by atoms with E-state index in [0.29, 0.717) is 0 Å². The molecule has 0 atom stereocenters. The maximum atomic E-state index is 6.70. The van der Waals surface area contributed by atoms with Crippen molar-refractivity contribution in [1.82, 2.24) is 4.57 Å². The van der Waals surface area contributed by atoms with E-state index in [1.807, 2.05) is 6.07 Å². The summed E-state index contributed by atoms with van der Waals surface area (Å²) in [6.07, 6.45) is 0. The van der Waals surface area contributed by atoms with Crippen LogP contribution in [-0.4, -0.2) is 4.57 Å². The van der Waals surface area contributed by atoms with Crippen LogP contribution in [0.5, 0.6) is 0 Å². The molecule has 0 unspecified atom stereocenters. The molecule has 0 fully saturated rings. The fourth-order valence-electron chi connectivity index (χ4n) is 11.3. The van der Waals surface area contributed by atoms with Gasteiger partial charge in [-0.15, -0.1) is 0 Å². The third-order valence-electron chi connectivity index (χ3n) is 14.9. The summed E-state index contributed by atoms with van der Waals surface area (Å²) in [7, 11) is 0. The van der Waals surface area contributed by atoms with E-state index in [1.165, 1.54) is 44.2 Å². The molecule has 3 nitrogen and oxygen atoms in total. The third-order valence-corrected chi connectivity index (χ3v) is 14.9. The highest BCUT2D eigenvalue weighted by Crippen LogP contribution is 2.47. The number of anilines is 3. The van der Waals surface area contributed by atoms with Crippen molar-refractivity contribution in [3.05, 3.63) is 291 Å². The summed E-state index contributed by atoms with van der Waals surface area (Å²) in [6, 6.07) is 105. The normalized spacial score (nSPS) is 11.5. The summed E-state index contributed by atoms with van der Waals surface area (Å²) in [6.45, 7) is 0. The molecule has 0 amide bonds. The van der Waals surface area contributed by atoms with Gasteiger partial charge in [0.05, 0.1) is 16.7 Å². The number of hydrogen-bond donors (Lipinski definition) is 0. The second-order valence-electron chi connectivity index (χ2n) is 19.2. The second-order valence-corrected chi connectivity index (χ2v) is 19.2. The number of furan rings is 1. The maximum absolute atomic E-state index is 6.70. The molecule has 0 spiro atoms. The standard InChI is InChI=1S/C72H48N2O/c1-4-17-49(18-5-1)52-37-43-57(44-38-52)73(58-45-39-53(40-46-58)50-19-6-2-7-20-50)59-47-41-54(42-48-59)51-33-35-56(36-34-51)60-23-10-12-29-66(60)74-67-30-15-25-61(55-21-8-3-9-22-55)70(67)71-63(26-16-31-68(71)74)65-28-14-27-64-62-24-11-13-32-69(62)75-72(64)65/h1-48H. The van der Waals surface area contributed by atoms with E-state index in [1.54, 1.807) is 0 Å². The lowest BCUT2D eigenvalue weighted by molar-refractivity contribution is 0.670. The number of aromatic nitrogens is 1. The smallest absolute Gasteiger partial charge is 0.143 e. The van der Waals surface area contributed by atoms with Crippen LogP contribution in [0.3, 0.4) is 0 Å². The number of nitrogens with zero attached hydrogens (tertiary/aromatic N) is 2. The van der Waals surface area contributed by atoms with Crippen molar-refractivity contribution in [2.75, 3.05) is 4.90 Å². The number of rotatable bonds is 10. The molecule has 0 bridgehead atoms. The van der Waals surface area contributed by atoms with Gasteiger partial charge in [-0.2, -0.15) is 0 Å². The van der Waals surface area contributed by atoms with Gasteiger partial charge < -0.3 is 13.9 Å². The highest BCUT2D eigenvalue weighted by atomic mass is 16.3. The van der Waals surface area contributed by atoms with Gasteiger partial charge in [-0.25, -0.2) is 0 Å². The largest absolute Gasteiger partial charge is 0.455 e. The van der Waals surface area contributed by atoms with Crippen molar-refractivity contribution in [2.45, 2.75) is 0 Å². The molecule has 0 saturated heterocycles. The summed E-state index contributed by atoms with van der Waals surface area (Å²) in [4.78, 5) is 2.34. The Morgan fingerprint density at radius 2 is 0.627 bits per heavy atom. The Bertz CT molecular complexity index is 4260. The minimum absolute atomic E-state index is 0.894. The van der Waals surface area contributed by atoms with Crippen molar-refractivity contribution in [2.24, 2.45) is 0 Å². The molecule has 14 aromatic rings. The van der Waals surface area contributed by atoms with E-state index < -0.39 is 0 Å². The highest BCUT2D eigenvalue weighted by molar-refractivity contribution is 6.23. The molecule has 0 aliphatic carbocycles. The minimum Gasteiger partial charge on any atom is -0.455 e. The lowest BCUT2D eigenvalue weighted by Crippen LogP contribution is -2.09. The highest BCUT2D eigenvalue weighted by Gasteiger charge is 2.23. The van der Waals surface area contributed by atoms with Crippen LogP contribution in [-0.2, 0) is 0 Å².